The van der Waals surface area contributed by atoms with Crippen molar-refractivity contribution in [2.24, 2.45) is 0 Å². The van der Waals surface area contributed by atoms with E-state index in [4.69, 9.17) is 23.8 Å². The van der Waals surface area contributed by atoms with Crippen molar-refractivity contribution >= 4 is 45.4 Å². The van der Waals surface area contributed by atoms with E-state index in [-0.39, 0.29) is 0 Å². The van der Waals surface area contributed by atoms with E-state index in [1.807, 2.05) is 37.1 Å². The summed E-state index contributed by atoms with van der Waals surface area (Å²) >= 11 is 11.7. The van der Waals surface area contributed by atoms with E-state index in [2.05, 4.69) is 47.8 Å². The standard InChI is InChI=1S/C20H19ClN2S/c1-14-18(21)8-5-9-19(14)22-20(24)23(2)13-15-10-11-16-6-3-4-7-17(16)12-15/h3-12H,13H2,1-2H3,(H,22,24). The molecule has 122 valence electrons. The molecule has 3 aromatic carbocycles. The monoisotopic (exact) mass is 354 g/mol. The molecule has 0 unspecified atom stereocenters. The van der Waals surface area contributed by atoms with E-state index >= 15 is 0 Å². The molecule has 0 aliphatic carbocycles. The summed E-state index contributed by atoms with van der Waals surface area (Å²) in [5, 5.41) is 7.18. The van der Waals surface area contributed by atoms with Crippen LogP contribution in [0.15, 0.2) is 60.7 Å². The number of nitrogens with zero attached hydrogens (tertiary/aromatic N) is 1. The highest BCUT2D eigenvalue weighted by molar-refractivity contribution is 7.80. The molecule has 1 N–H and O–H groups in total. The summed E-state index contributed by atoms with van der Waals surface area (Å²) in [4.78, 5) is 2.03. The number of hydrogen-bond acceptors (Lipinski definition) is 1. The Morgan fingerprint density at radius 3 is 2.58 bits per heavy atom. The number of rotatable bonds is 3. The van der Waals surface area contributed by atoms with Crippen molar-refractivity contribution in [1.29, 1.82) is 0 Å². The van der Waals surface area contributed by atoms with Gasteiger partial charge >= 0.3 is 0 Å². The normalized spacial score (nSPS) is 10.6. The Hall–Kier alpha value is -2.10. The fourth-order valence-corrected chi connectivity index (χ4v) is 2.99. The van der Waals surface area contributed by atoms with Gasteiger partial charge in [-0.3, -0.25) is 0 Å². The predicted octanol–water partition coefficient (Wildman–Crippen LogP) is 5.63. The molecule has 0 fully saturated rings. The third kappa shape index (κ3) is 3.69. The maximum absolute atomic E-state index is 6.17. The van der Waals surface area contributed by atoms with Gasteiger partial charge in [0.05, 0.1) is 0 Å². The average Bonchev–Trinajstić information content (AvgIpc) is 2.58. The Balaban J connectivity index is 1.72. The number of hydrogen-bond donors (Lipinski definition) is 1. The number of benzene rings is 3. The minimum Gasteiger partial charge on any atom is -0.348 e. The van der Waals surface area contributed by atoms with Crippen molar-refractivity contribution in [2.45, 2.75) is 13.5 Å². The molecular weight excluding hydrogens is 336 g/mol. The van der Waals surface area contributed by atoms with E-state index in [9.17, 15) is 0 Å². The van der Waals surface area contributed by atoms with Crippen molar-refractivity contribution in [2.75, 3.05) is 12.4 Å². The molecule has 0 atom stereocenters. The van der Waals surface area contributed by atoms with Gasteiger partial charge in [-0.25, -0.2) is 0 Å². The number of fused-ring (bicyclic) bond motifs is 1. The van der Waals surface area contributed by atoms with Crippen molar-refractivity contribution in [1.82, 2.24) is 4.90 Å². The lowest BCUT2D eigenvalue weighted by atomic mass is 10.1. The molecule has 0 aliphatic rings. The third-order valence-electron chi connectivity index (χ3n) is 4.09. The first-order chi connectivity index (χ1) is 11.5. The topological polar surface area (TPSA) is 15.3 Å². The molecule has 0 bridgehead atoms. The molecule has 0 aromatic heterocycles. The molecule has 0 radical (unpaired) electrons. The van der Waals surface area contributed by atoms with Crippen LogP contribution in [-0.4, -0.2) is 17.1 Å². The van der Waals surface area contributed by atoms with Gasteiger partial charge in [-0.05, 0) is 59.2 Å². The van der Waals surface area contributed by atoms with Gasteiger partial charge in [0.1, 0.15) is 0 Å². The maximum atomic E-state index is 6.17. The van der Waals surface area contributed by atoms with Crippen LogP contribution in [0.2, 0.25) is 5.02 Å². The Labute approximate surface area is 153 Å². The van der Waals surface area contributed by atoms with Gasteiger partial charge < -0.3 is 10.2 Å². The van der Waals surface area contributed by atoms with Crippen molar-refractivity contribution < 1.29 is 0 Å². The van der Waals surface area contributed by atoms with Crippen LogP contribution in [0.4, 0.5) is 5.69 Å². The van der Waals surface area contributed by atoms with E-state index in [1.54, 1.807) is 0 Å². The van der Waals surface area contributed by atoms with Crippen LogP contribution in [-0.2, 0) is 6.54 Å². The summed E-state index contributed by atoms with van der Waals surface area (Å²) in [6, 6.07) is 20.7. The molecule has 0 aliphatic heterocycles. The fourth-order valence-electron chi connectivity index (χ4n) is 2.64. The summed E-state index contributed by atoms with van der Waals surface area (Å²) in [6.45, 7) is 2.73. The molecule has 3 aromatic rings. The van der Waals surface area contributed by atoms with E-state index in [0.717, 1.165) is 22.8 Å². The smallest absolute Gasteiger partial charge is 0.173 e. The van der Waals surface area contributed by atoms with Crippen LogP contribution >= 0.6 is 23.8 Å². The zero-order valence-electron chi connectivity index (χ0n) is 13.7. The van der Waals surface area contributed by atoms with Crippen LogP contribution in [0.25, 0.3) is 10.8 Å². The molecule has 4 heteroatoms. The summed E-state index contributed by atoms with van der Waals surface area (Å²) in [6.07, 6.45) is 0. The number of halogens is 1. The van der Waals surface area contributed by atoms with Gasteiger partial charge in [-0.1, -0.05) is 54.1 Å². The second-order valence-corrected chi connectivity index (χ2v) is 6.67. The van der Waals surface area contributed by atoms with Crippen molar-refractivity contribution in [3.63, 3.8) is 0 Å². The molecule has 2 nitrogen and oxygen atoms in total. The van der Waals surface area contributed by atoms with Gasteiger partial charge in [0.2, 0.25) is 0 Å². The lowest BCUT2D eigenvalue weighted by Crippen LogP contribution is -2.30. The van der Waals surface area contributed by atoms with E-state index in [0.29, 0.717) is 5.11 Å². The van der Waals surface area contributed by atoms with Crippen LogP contribution in [0.1, 0.15) is 11.1 Å². The third-order valence-corrected chi connectivity index (χ3v) is 4.91. The highest BCUT2D eigenvalue weighted by atomic mass is 35.5. The molecule has 0 spiro atoms. The van der Waals surface area contributed by atoms with Crippen molar-refractivity contribution in [3.8, 4) is 0 Å². The lowest BCUT2D eigenvalue weighted by molar-refractivity contribution is 0.509. The Kier molecular flexibility index (Phi) is 5.03. The van der Waals surface area contributed by atoms with E-state index < -0.39 is 0 Å². The van der Waals surface area contributed by atoms with Crippen molar-refractivity contribution in [3.05, 3.63) is 76.8 Å². The first-order valence-electron chi connectivity index (χ1n) is 7.79. The predicted molar refractivity (Wildman–Crippen MR) is 108 cm³/mol. The molecule has 24 heavy (non-hydrogen) atoms. The average molecular weight is 355 g/mol. The summed E-state index contributed by atoms with van der Waals surface area (Å²) in [7, 11) is 1.99. The lowest BCUT2D eigenvalue weighted by Gasteiger charge is -2.22. The zero-order chi connectivity index (χ0) is 17.1. The summed E-state index contributed by atoms with van der Waals surface area (Å²) in [5.74, 6) is 0. The van der Waals surface area contributed by atoms with Gasteiger partial charge in [-0.2, -0.15) is 0 Å². The quantitative estimate of drug-likeness (QED) is 0.613. The molecule has 0 heterocycles. The Morgan fingerprint density at radius 1 is 1.04 bits per heavy atom. The van der Waals surface area contributed by atoms with Crippen LogP contribution in [0.5, 0.6) is 0 Å². The molecule has 0 saturated heterocycles. The fraction of sp³-hybridized carbons (Fsp3) is 0.150. The maximum Gasteiger partial charge on any atom is 0.173 e. The SMILES string of the molecule is Cc1c(Cl)cccc1NC(=S)N(C)Cc1ccc2ccccc2c1. The molecular formula is C20H19ClN2S. The van der Waals surface area contributed by atoms with E-state index in [1.165, 1.54) is 16.3 Å². The first-order valence-corrected chi connectivity index (χ1v) is 8.58. The number of nitrogens with one attached hydrogen (secondary N) is 1. The van der Waals surface area contributed by atoms with Crippen LogP contribution < -0.4 is 5.32 Å². The second kappa shape index (κ2) is 7.20. The minimum absolute atomic E-state index is 0.675. The summed E-state index contributed by atoms with van der Waals surface area (Å²) < 4.78 is 0. The van der Waals surface area contributed by atoms with Gasteiger partial charge in [0.15, 0.2) is 5.11 Å². The van der Waals surface area contributed by atoms with Crippen LogP contribution in [0, 0.1) is 6.92 Å². The van der Waals surface area contributed by atoms with Gasteiger partial charge in [-0.15, -0.1) is 0 Å². The zero-order valence-corrected chi connectivity index (χ0v) is 15.3. The molecule has 3 rings (SSSR count). The second-order valence-electron chi connectivity index (χ2n) is 5.88. The van der Waals surface area contributed by atoms with Crippen LogP contribution in [0.3, 0.4) is 0 Å². The number of anilines is 1. The van der Waals surface area contributed by atoms with Gasteiger partial charge in [0.25, 0.3) is 0 Å². The summed E-state index contributed by atoms with van der Waals surface area (Å²) in [5.41, 5.74) is 3.17. The van der Waals surface area contributed by atoms with Gasteiger partial charge in [0, 0.05) is 24.3 Å². The highest BCUT2D eigenvalue weighted by Gasteiger charge is 2.09. The number of thiocarbonyl (C=S) groups is 1. The molecule has 0 amide bonds. The highest BCUT2D eigenvalue weighted by Crippen LogP contribution is 2.23. The Morgan fingerprint density at radius 2 is 1.79 bits per heavy atom. The minimum atomic E-state index is 0.675. The largest absolute Gasteiger partial charge is 0.348 e. The molecule has 0 saturated carbocycles. The Bertz CT molecular complexity index is 892. The first kappa shape index (κ1) is 16.7.